The first kappa shape index (κ1) is 18.4. The highest BCUT2D eigenvalue weighted by Gasteiger charge is 2.16. The Bertz CT molecular complexity index is 549. The lowest BCUT2D eigenvalue weighted by Crippen LogP contribution is -2.48. The number of carbonyl (C=O) groups is 3. The second-order valence-electron chi connectivity index (χ2n) is 4.74. The Morgan fingerprint density at radius 3 is 2.50 bits per heavy atom. The number of benzene rings is 1. The van der Waals surface area contributed by atoms with Gasteiger partial charge in [-0.3, -0.25) is 14.4 Å². The molecule has 0 saturated carbocycles. The van der Waals surface area contributed by atoms with Gasteiger partial charge in [0, 0.05) is 10.1 Å². The van der Waals surface area contributed by atoms with Crippen LogP contribution in [0.3, 0.4) is 0 Å². The topological polar surface area (TPSA) is 87.3 Å². The Labute approximate surface area is 143 Å². The summed E-state index contributed by atoms with van der Waals surface area (Å²) in [7, 11) is 0. The zero-order valence-electron chi connectivity index (χ0n) is 12.6. The van der Waals surface area contributed by atoms with Crippen LogP contribution in [0.1, 0.15) is 30.6 Å². The van der Waals surface area contributed by atoms with E-state index in [0.29, 0.717) is 12.1 Å². The molecule has 1 rings (SSSR count). The standard InChI is InChI=1S/C15H20IN3O3/c1-3-8-17-14(21)10(2)19-13(20)9-18-15(22)11-6-4-5-7-12(11)16/h4-7,10H,3,8-9H2,1-2H3,(H,17,21)(H,18,22)(H,19,20)/t10-/m1/s1. The third-order valence-corrected chi connectivity index (χ3v) is 3.79. The summed E-state index contributed by atoms with van der Waals surface area (Å²) in [5.74, 6) is -0.958. The van der Waals surface area contributed by atoms with Crippen LogP contribution < -0.4 is 16.0 Å². The maximum absolute atomic E-state index is 12.0. The molecule has 0 bridgehead atoms. The third-order valence-electron chi connectivity index (χ3n) is 2.85. The average molecular weight is 417 g/mol. The minimum atomic E-state index is -0.632. The maximum atomic E-state index is 12.0. The van der Waals surface area contributed by atoms with Crippen LogP contribution in [-0.2, 0) is 9.59 Å². The number of hydrogen-bond donors (Lipinski definition) is 3. The summed E-state index contributed by atoms with van der Waals surface area (Å²) in [6.07, 6.45) is 0.832. The predicted octanol–water partition coefficient (Wildman–Crippen LogP) is 1.05. The quantitative estimate of drug-likeness (QED) is 0.580. The van der Waals surface area contributed by atoms with Crippen molar-refractivity contribution in [3.05, 3.63) is 33.4 Å². The van der Waals surface area contributed by atoms with Gasteiger partial charge in [-0.1, -0.05) is 19.1 Å². The van der Waals surface area contributed by atoms with Gasteiger partial charge in [-0.2, -0.15) is 0 Å². The first-order chi connectivity index (χ1) is 10.5. The van der Waals surface area contributed by atoms with Crippen LogP contribution in [0.25, 0.3) is 0 Å². The number of carbonyl (C=O) groups excluding carboxylic acids is 3. The van der Waals surface area contributed by atoms with Gasteiger partial charge in [-0.25, -0.2) is 0 Å². The normalized spacial score (nSPS) is 11.4. The van der Waals surface area contributed by atoms with E-state index in [1.165, 1.54) is 0 Å². The van der Waals surface area contributed by atoms with Crippen LogP contribution in [0.15, 0.2) is 24.3 Å². The molecule has 0 aromatic heterocycles. The van der Waals surface area contributed by atoms with Gasteiger partial charge in [0.2, 0.25) is 11.8 Å². The van der Waals surface area contributed by atoms with Gasteiger partial charge in [-0.15, -0.1) is 0 Å². The maximum Gasteiger partial charge on any atom is 0.252 e. The lowest BCUT2D eigenvalue weighted by molar-refractivity contribution is -0.128. The van der Waals surface area contributed by atoms with Crippen molar-refractivity contribution in [3.63, 3.8) is 0 Å². The second kappa shape index (κ2) is 9.39. The van der Waals surface area contributed by atoms with Crippen molar-refractivity contribution in [2.75, 3.05) is 13.1 Å². The van der Waals surface area contributed by atoms with Gasteiger partial charge < -0.3 is 16.0 Å². The Balaban J connectivity index is 2.41. The molecule has 3 N–H and O–H groups in total. The van der Waals surface area contributed by atoms with Crippen molar-refractivity contribution in [2.45, 2.75) is 26.3 Å². The highest BCUT2D eigenvalue weighted by atomic mass is 127. The Morgan fingerprint density at radius 1 is 1.18 bits per heavy atom. The molecular weight excluding hydrogens is 397 g/mol. The zero-order chi connectivity index (χ0) is 16.5. The summed E-state index contributed by atoms with van der Waals surface area (Å²) in [5, 5.41) is 7.78. The van der Waals surface area contributed by atoms with Gasteiger partial charge in [0.15, 0.2) is 0 Å². The Morgan fingerprint density at radius 2 is 1.86 bits per heavy atom. The third kappa shape index (κ3) is 6.00. The number of amides is 3. The monoisotopic (exact) mass is 417 g/mol. The van der Waals surface area contributed by atoms with E-state index in [2.05, 4.69) is 38.5 Å². The zero-order valence-corrected chi connectivity index (χ0v) is 14.8. The molecule has 0 unspecified atom stereocenters. The molecular formula is C15H20IN3O3. The Kier molecular flexibility index (Phi) is 7.86. The molecule has 120 valence electrons. The van der Waals surface area contributed by atoms with E-state index < -0.39 is 11.9 Å². The minimum Gasteiger partial charge on any atom is -0.354 e. The number of hydrogen-bond acceptors (Lipinski definition) is 3. The first-order valence-electron chi connectivity index (χ1n) is 7.05. The first-order valence-corrected chi connectivity index (χ1v) is 8.13. The van der Waals surface area contributed by atoms with Crippen LogP contribution in [0.5, 0.6) is 0 Å². The molecule has 0 spiro atoms. The van der Waals surface area contributed by atoms with E-state index in [1.54, 1.807) is 19.1 Å². The van der Waals surface area contributed by atoms with Crippen molar-refractivity contribution in [1.82, 2.24) is 16.0 Å². The predicted molar refractivity (Wildman–Crippen MR) is 92.4 cm³/mol. The van der Waals surface area contributed by atoms with E-state index in [9.17, 15) is 14.4 Å². The lowest BCUT2D eigenvalue weighted by Gasteiger charge is -2.14. The van der Waals surface area contributed by atoms with Crippen molar-refractivity contribution < 1.29 is 14.4 Å². The molecule has 1 atom stereocenters. The molecule has 0 radical (unpaired) electrons. The summed E-state index contributed by atoms with van der Waals surface area (Å²) in [4.78, 5) is 35.3. The van der Waals surface area contributed by atoms with Crippen molar-refractivity contribution in [3.8, 4) is 0 Å². The van der Waals surface area contributed by atoms with Crippen LogP contribution in [-0.4, -0.2) is 36.9 Å². The van der Waals surface area contributed by atoms with Crippen molar-refractivity contribution in [2.24, 2.45) is 0 Å². The molecule has 0 aliphatic rings. The van der Waals surface area contributed by atoms with Gasteiger partial charge in [0.05, 0.1) is 12.1 Å². The fourth-order valence-corrected chi connectivity index (χ4v) is 2.29. The lowest BCUT2D eigenvalue weighted by atomic mass is 10.2. The van der Waals surface area contributed by atoms with Crippen LogP contribution >= 0.6 is 22.6 Å². The molecule has 1 aromatic carbocycles. The molecule has 6 nitrogen and oxygen atoms in total. The van der Waals surface area contributed by atoms with Gasteiger partial charge >= 0.3 is 0 Å². The Hall–Kier alpha value is -1.64. The highest BCUT2D eigenvalue weighted by molar-refractivity contribution is 14.1. The average Bonchev–Trinajstić information content (AvgIpc) is 2.50. The summed E-state index contributed by atoms with van der Waals surface area (Å²) in [5.41, 5.74) is 0.518. The molecule has 1 aromatic rings. The summed E-state index contributed by atoms with van der Waals surface area (Å²) >= 11 is 2.06. The highest BCUT2D eigenvalue weighted by Crippen LogP contribution is 2.10. The van der Waals surface area contributed by atoms with Gasteiger partial charge in [-0.05, 0) is 48.1 Å². The summed E-state index contributed by atoms with van der Waals surface area (Å²) < 4.78 is 0.810. The minimum absolute atomic E-state index is 0.171. The molecule has 0 fully saturated rings. The fraction of sp³-hybridized carbons (Fsp3) is 0.400. The van der Waals surface area contributed by atoms with E-state index in [4.69, 9.17) is 0 Å². The van der Waals surface area contributed by atoms with Gasteiger partial charge in [0.25, 0.3) is 5.91 Å². The SMILES string of the molecule is CCCNC(=O)[C@@H](C)NC(=O)CNC(=O)c1ccccc1I. The van der Waals surface area contributed by atoms with Gasteiger partial charge in [0.1, 0.15) is 6.04 Å². The van der Waals surface area contributed by atoms with Crippen LogP contribution in [0.4, 0.5) is 0 Å². The summed E-state index contributed by atoms with van der Waals surface area (Å²) in [6.45, 7) is 3.95. The molecule has 3 amide bonds. The van der Waals surface area contributed by atoms with Crippen LogP contribution in [0.2, 0.25) is 0 Å². The second-order valence-corrected chi connectivity index (χ2v) is 5.90. The number of nitrogens with one attached hydrogen (secondary N) is 3. The van der Waals surface area contributed by atoms with E-state index in [0.717, 1.165) is 9.99 Å². The smallest absolute Gasteiger partial charge is 0.252 e. The number of halogens is 1. The molecule has 7 heteroatoms. The van der Waals surface area contributed by atoms with Crippen molar-refractivity contribution in [1.29, 1.82) is 0 Å². The summed E-state index contributed by atoms with van der Waals surface area (Å²) in [6, 6.07) is 6.47. The van der Waals surface area contributed by atoms with Crippen LogP contribution in [0, 0.1) is 3.57 Å². The fourth-order valence-electron chi connectivity index (χ4n) is 1.66. The van der Waals surface area contributed by atoms with E-state index in [-0.39, 0.29) is 18.4 Å². The number of rotatable bonds is 7. The molecule has 0 saturated heterocycles. The molecule has 0 heterocycles. The van der Waals surface area contributed by atoms with Crippen molar-refractivity contribution >= 4 is 40.3 Å². The largest absolute Gasteiger partial charge is 0.354 e. The van der Waals surface area contributed by atoms with E-state index >= 15 is 0 Å². The van der Waals surface area contributed by atoms with E-state index in [1.807, 2.05) is 19.1 Å². The molecule has 22 heavy (non-hydrogen) atoms. The molecule has 0 aliphatic heterocycles. The molecule has 0 aliphatic carbocycles.